The number of rotatable bonds is 5. The second-order valence-electron chi connectivity index (χ2n) is 5.18. The summed E-state index contributed by atoms with van der Waals surface area (Å²) in [7, 11) is 0. The van der Waals surface area contributed by atoms with Gasteiger partial charge >= 0.3 is 5.97 Å². The van der Waals surface area contributed by atoms with Crippen molar-refractivity contribution < 1.29 is 14.7 Å². The number of amides is 1. The summed E-state index contributed by atoms with van der Waals surface area (Å²) in [6.07, 6.45) is 0.116. The third-order valence-corrected chi connectivity index (χ3v) is 3.44. The van der Waals surface area contributed by atoms with E-state index >= 15 is 0 Å². The molecule has 2 aromatic rings. The molecule has 0 fully saturated rings. The van der Waals surface area contributed by atoms with Crippen molar-refractivity contribution >= 4 is 11.9 Å². The molecule has 0 spiro atoms. The molecular formula is C16H17N3O4. The minimum atomic E-state index is -1.18. The number of carboxylic acids is 1. The van der Waals surface area contributed by atoms with Crippen molar-refractivity contribution in [2.24, 2.45) is 0 Å². The van der Waals surface area contributed by atoms with E-state index in [-0.39, 0.29) is 12.1 Å². The molecule has 1 aromatic heterocycles. The van der Waals surface area contributed by atoms with Crippen LogP contribution in [0.25, 0.3) is 0 Å². The van der Waals surface area contributed by atoms with Gasteiger partial charge in [0, 0.05) is 12.1 Å². The Morgan fingerprint density at radius 2 is 1.91 bits per heavy atom. The number of H-pyrrole nitrogens is 1. The first-order valence-corrected chi connectivity index (χ1v) is 7.03. The minimum absolute atomic E-state index is 0.116. The lowest BCUT2D eigenvalue weighted by Crippen LogP contribution is -2.44. The van der Waals surface area contributed by atoms with Gasteiger partial charge in [-0.15, -0.1) is 0 Å². The van der Waals surface area contributed by atoms with Crippen molar-refractivity contribution in [1.29, 1.82) is 0 Å². The van der Waals surface area contributed by atoms with Crippen LogP contribution in [-0.2, 0) is 11.2 Å². The summed E-state index contributed by atoms with van der Waals surface area (Å²) in [5.41, 5.74) is 0.847. The molecular weight excluding hydrogens is 298 g/mol. The first kappa shape index (κ1) is 16.4. The number of hydrogen-bond acceptors (Lipinski definition) is 4. The molecule has 0 aliphatic carbocycles. The van der Waals surface area contributed by atoms with Crippen LogP contribution in [-0.4, -0.2) is 33.0 Å². The first-order valence-electron chi connectivity index (χ1n) is 7.03. The zero-order chi connectivity index (χ0) is 17.0. The maximum Gasteiger partial charge on any atom is 0.326 e. The summed E-state index contributed by atoms with van der Waals surface area (Å²) >= 11 is 0. The zero-order valence-electron chi connectivity index (χ0n) is 12.8. The molecule has 23 heavy (non-hydrogen) atoms. The molecule has 3 N–H and O–H groups in total. The lowest BCUT2D eigenvalue weighted by Gasteiger charge is -2.14. The predicted molar refractivity (Wildman–Crippen MR) is 83.4 cm³/mol. The highest BCUT2D eigenvalue weighted by Crippen LogP contribution is 2.04. The fourth-order valence-corrected chi connectivity index (χ4v) is 2.05. The third-order valence-electron chi connectivity index (χ3n) is 3.44. The summed E-state index contributed by atoms with van der Waals surface area (Å²) in [5.74, 6) is -1.99. The van der Waals surface area contributed by atoms with E-state index in [1.807, 2.05) is 6.07 Å². The van der Waals surface area contributed by atoms with Crippen molar-refractivity contribution in [1.82, 2.24) is 15.3 Å². The van der Waals surface area contributed by atoms with E-state index < -0.39 is 23.5 Å². The Morgan fingerprint density at radius 1 is 1.26 bits per heavy atom. The summed E-state index contributed by atoms with van der Waals surface area (Å²) < 4.78 is 0. The lowest BCUT2D eigenvalue weighted by atomic mass is 10.1. The van der Waals surface area contributed by atoms with Gasteiger partial charge in [-0.2, -0.15) is 0 Å². The Labute approximate surface area is 132 Å². The Bertz CT molecular complexity index is 784. The standard InChI is InChI=1S/C16H17N3O4/c1-9-10(2)18-14(20)13(17-9)15(21)19-12(16(22)23)8-11-6-4-3-5-7-11/h3-7,12H,8H2,1-2H3,(H,18,20)(H,19,21)(H,22,23)/t12-/m1/s1. The normalized spacial score (nSPS) is 11.7. The number of carbonyl (C=O) groups excluding carboxylic acids is 1. The Kier molecular flexibility index (Phi) is 4.90. The average molecular weight is 315 g/mol. The fourth-order valence-electron chi connectivity index (χ4n) is 2.05. The second kappa shape index (κ2) is 6.87. The summed E-state index contributed by atoms with van der Waals surface area (Å²) in [6.45, 7) is 3.32. The van der Waals surface area contributed by atoms with Crippen molar-refractivity contribution in [2.45, 2.75) is 26.3 Å². The van der Waals surface area contributed by atoms with Gasteiger partial charge in [0.1, 0.15) is 6.04 Å². The van der Waals surface area contributed by atoms with Crippen LogP contribution in [0.2, 0.25) is 0 Å². The van der Waals surface area contributed by atoms with E-state index in [1.165, 1.54) is 0 Å². The molecule has 7 heteroatoms. The number of nitrogens with one attached hydrogen (secondary N) is 2. The lowest BCUT2D eigenvalue weighted by molar-refractivity contribution is -0.139. The maximum atomic E-state index is 12.2. The van der Waals surface area contributed by atoms with Crippen LogP contribution in [0.15, 0.2) is 35.1 Å². The first-order chi connectivity index (χ1) is 10.9. The molecule has 7 nitrogen and oxygen atoms in total. The quantitative estimate of drug-likeness (QED) is 0.756. The Balaban J connectivity index is 2.20. The highest BCUT2D eigenvalue weighted by Gasteiger charge is 2.23. The van der Waals surface area contributed by atoms with Gasteiger partial charge in [-0.1, -0.05) is 30.3 Å². The monoisotopic (exact) mass is 315 g/mol. The van der Waals surface area contributed by atoms with Crippen LogP contribution in [0.5, 0.6) is 0 Å². The number of carboxylic acid groups (broad SMARTS) is 1. The van der Waals surface area contributed by atoms with Gasteiger partial charge in [-0.05, 0) is 19.4 Å². The molecule has 0 aliphatic rings. The average Bonchev–Trinajstić information content (AvgIpc) is 2.51. The second-order valence-corrected chi connectivity index (χ2v) is 5.18. The SMILES string of the molecule is Cc1nc(C(=O)N[C@H](Cc2ccccc2)C(=O)O)c(=O)[nH]c1C. The third kappa shape index (κ3) is 4.03. The van der Waals surface area contributed by atoms with Crippen molar-refractivity contribution in [3.05, 3.63) is 63.3 Å². The van der Waals surface area contributed by atoms with Gasteiger partial charge in [0.15, 0.2) is 5.69 Å². The molecule has 0 saturated carbocycles. The van der Waals surface area contributed by atoms with Crippen LogP contribution >= 0.6 is 0 Å². The van der Waals surface area contributed by atoms with Gasteiger partial charge in [-0.3, -0.25) is 9.59 Å². The highest BCUT2D eigenvalue weighted by molar-refractivity contribution is 5.94. The largest absolute Gasteiger partial charge is 0.480 e. The molecule has 1 aromatic carbocycles. The van der Waals surface area contributed by atoms with Gasteiger partial charge < -0.3 is 15.4 Å². The van der Waals surface area contributed by atoms with E-state index in [1.54, 1.807) is 38.1 Å². The number of benzene rings is 1. The zero-order valence-corrected chi connectivity index (χ0v) is 12.8. The molecule has 1 heterocycles. The Morgan fingerprint density at radius 3 is 2.52 bits per heavy atom. The summed E-state index contributed by atoms with van der Waals surface area (Å²) in [6, 6.07) is 7.77. The Hall–Kier alpha value is -2.96. The van der Waals surface area contributed by atoms with E-state index in [4.69, 9.17) is 0 Å². The number of aromatic nitrogens is 2. The highest BCUT2D eigenvalue weighted by atomic mass is 16.4. The molecule has 0 saturated heterocycles. The molecule has 1 amide bonds. The molecule has 1 atom stereocenters. The number of aryl methyl sites for hydroxylation is 2. The topological polar surface area (TPSA) is 112 Å². The maximum absolute atomic E-state index is 12.2. The van der Waals surface area contributed by atoms with Crippen LogP contribution in [0.4, 0.5) is 0 Å². The summed E-state index contributed by atoms with van der Waals surface area (Å²) in [5, 5.41) is 11.6. The number of hydrogen-bond donors (Lipinski definition) is 3. The molecule has 2 rings (SSSR count). The number of carbonyl (C=O) groups is 2. The van der Waals surface area contributed by atoms with E-state index in [0.29, 0.717) is 11.4 Å². The van der Waals surface area contributed by atoms with E-state index in [2.05, 4.69) is 15.3 Å². The predicted octanol–water partition coefficient (Wildman–Crippen LogP) is 0.812. The molecule has 0 bridgehead atoms. The van der Waals surface area contributed by atoms with Crippen molar-refractivity contribution in [3.8, 4) is 0 Å². The number of aromatic amines is 1. The van der Waals surface area contributed by atoms with Crippen LogP contribution in [0.3, 0.4) is 0 Å². The van der Waals surface area contributed by atoms with E-state index in [0.717, 1.165) is 5.56 Å². The minimum Gasteiger partial charge on any atom is -0.480 e. The van der Waals surface area contributed by atoms with Crippen molar-refractivity contribution in [2.75, 3.05) is 0 Å². The molecule has 0 unspecified atom stereocenters. The van der Waals surface area contributed by atoms with Crippen molar-refractivity contribution in [3.63, 3.8) is 0 Å². The number of nitrogens with zero attached hydrogens (tertiary/aromatic N) is 1. The van der Waals surface area contributed by atoms with E-state index in [9.17, 15) is 19.5 Å². The molecule has 0 aliphatic heterocycles. The van der Waals surface area contributed by atoms with Gasteiger partial charge in [0.05, 0.1) is 5.69 Å². The smallest absolute Gasteiger partial charge is 0.326 e. The van der Waals surface area contributed by atoms with Crippen LogP contribution in [0.1, 0.15) is 27.4 Å². The summed E-state index contributed by atoms with van der Waals surface area (Å²) in [4.78, 5) is 41.8. The van der Waals surface area contributed by atoms with Gasteiger partial charge in [0.2, 0.25) is 0 Å². The van der Waals surface area contributed by atoms with Crippen LogP contribution in [0, 0.1) is 13.8 Å². The number of aliphatic carboxylic acids is 1. The molecule has 120 valence electrons. The van der Waals surface area contributed by atoms with Crippen LogP contribution < -0.4 is 10.9 Å². The van der Waals surface area contributed by atoms with Gasteiger partial charge in [-0.25, -0.2) is 9.78 Å². The van der Waals surface area contributed by atoms with Gasteiger partial charge in [0.25, 0.3) is 11.5 Å². The molecule has 0 radical (unpaired) electrons. The fraction of sp³-hybridized carbons (Fsp3) is 0.250.